The Morgan fingerprint density at radius 1 is 1.10 bits per heavy atom. The summed E-state index contributed by atoms with van der Waals surface area (Å²) in [7, 11) is -3.82. The maximum atomic E-state index is 12.3. The van der Waals surface area contributed by atoms with E-state index >= 15 is 0 Å². The minimum atomic E-state index is -3.82. The van der Waals surface area contributed by atoms with Gasteiger partial charge in [0.2, 0.25) is 0 Å². The van der Waals surface area contributed by atoms with E-state index in [1.807, 2.05) is 0 Å². The van der Waals surface area contributed by atoms with Gasteiger partial charge >= 0.3 is 0 Å². The summed E-state index contributed by atoms with van der Waals surface area (Å²) in [6.45, 7) is 0.104. The van der Waals surface area contributed by atoms with Gasteiger partial charge < -0.3 is 5.73 Å². The molecule has 0 aliphatic rings. The van der Waals surface area contributed by atoms with Gasteiger partial charge in [-0.25, -0.2) is 8.42 Å². The minimum absolute atomic E-state index is 0.0836. The molecule has 0 amide bonds. The molecule has 106 valence electrons. The molecule has 20 heavy (non-hydrogen) atoms. The van der Waals surface area contributed by atoms with Crippen molar-refractivity contribution in [2.75, 3.05) is 4.72 Å². The molecule has 2 aromatic carbocycles. The fourth-order valence-electron chi connectivity index (χ4n) is 1.68. The van der Waals surface area contributed by atoms with Crippen molar-refractivity contribution >= 4 is 38.9 Å². The van der Waals surface area contributed by atoms with Crippen LogP contribution >= 0.6 is 23.2 Å². The quantitative estimate of drug-likeness (QED) is 0.903. The van der Waals surface area contributed by atoms with E-state index in [-0.39, 0.29) is 21.5 Å². The lowest BCUT2D eigenvalue weighted by molar-refractivity contribution is 0.601. The zero-order chi connectivity index (χ0) is 14.8. The van der Waals surface area contributed by atoms with Crippen LogP contribution in [0.4, 0.5) is 5.69 Å². The molecule has 0 aromatic heterocycles. The molecular weight excluding hydrogens is 319 g/mol. The molecule has 0 unspecified atom stereocenters. The fourth-order valence-corrected chi connectivity index (χ4v) is 3.68. The highest BCUT2D eigenvalue weighted by Gasteiger charge is 2.21. The zero-order valence-corrected chi connectivity index (χ0v) is 12.6. The maximum absolute atomic E-state index is 12.3. The number of nitrogens with two attached hydrogens (primary N) is 1. The monoisotopic (exact) mass is 330 g/mol. The number of para-hydroxylation sites is 1. The molecule has 3 N–H and O–H groups in total. The summed E-state index contributed by atoms with van der Waals surface area (Å²) in [5.74, 6) is 0. The molecular formula is C13H12Cl2N2O2S. The summed E-state index contributed by atoms with van der Waals surface area (Å²) in [6.07, 6.45) is 0. The highest BCUT2D eigenvalue weighted by atomic mass is 35.5. The van der Waals surface area contributed by atoms with Crippen LogP contribution in [0.3, 0.4) is 0 Å². The number of hydrogen-bond acceptors (Lipinski definition) is 3. The van der Waals surface area contributed by atoms with E-state index in [0.29, 0.717) is 11.3 Å². The second kappa shape index (κ2) is 6.01. The first kappa shape index (κ1) is 15.1. The number of nitrogens with one attached hydrogen (secondary N) is 1. The third kappa shape index (κ3) is 3.24. The Bertz CT molecular complexity index is 719. The Labute approximate surface area is 127 Å². The van der Waals surface area contributed by atoms with E-state index in [1.165, 1.54) is 6.07 Å². The third-order valence-corrected chi connectivity index (χ3v) is 4.80. The number of hydrogen-bond donors (Lipinski definition) is 2. The average Bonchev–Trinajstić information content (AvgIpc) is 2.41. The molecule has 0 heterocycles. The lowest BCUT2D eigenvalue weighted by Gasteiger charge is -2.12. The number of anilines is 1. The molecule has 7 heteroatoms. The molecule has 0 bridgehead atoms. The Balaban J connectivity index is 2.47. The molecule has 0 saturated carbocycles. The average molecular weight is 331 g/mol. The largest absolute Gasteiger partial charge is 0.326 e. The Morgan fingerprint density at radius 3 is 2.35 bits per heavy atom. The molecule has 0 atom stereocenters. The van der Waals surface area contributed by atoms with Crippen LogP contribution in [-0.4, -0.2) is 8.42 Å². The van der Waals surface area contributed by atoms with Crippen molar-refractivity contribution in [3.63, 3.8) is 0 Å². The molecule has 0 radical (unpaired) electrons. The lowest BCUT2D eigenvalue weighted by Crippen LogP contribution is -2.14. The van der Waals surface area contributed by atoms with Crippen LogP contribution in [-0.2, 0) is 16.6 Å². The van der Waals surface area contributed by atoms with Crippen LogP contribution in [0.2, 0.25) is 10.0 Å². The topological polar surface area (TPSA) is 72.2 Å². The summed E-state index contributed by atoms with van der Waals surface area (Å²) < 4.78 is 27.1. The molecule has 0 aliphatic heterocycles. The van der Waals surface area contributed by atoms with E-state index in [2.05, 4.69) is 4.72 Å². The number of sulfonamides is 1. The molecule has 2 rings (SSSR count). The van der Waals surface area contributed by atoms with E-state index in [0.717, 1.165) is 0 Å². The predicted octanol–water partition coefficient (Wildman–Crippen LogP) is 3.25. The smallest absolute Gasteiger partial charge is 0.263 e. The SMILES string of the molecule is NCc1cc(Cl)cc(S(=O)(=O)Nc2ccccc2)c1Cl. The van der Waals surface area contributed by atoms with Crippen molar-refractivity contribution in [1.29, 1.82) is 0 Å². The summed E-state index contributed by atoms with van der Waals surface area (Å²) in [4.78, 5) is -0.0871. The van der Waals surface area contributed by atoms with Gasteiger partial charge in [0.1, 0.15) is 4.90 Å². The second-order valence-corrected chi connectivity index (χ2v) is 6.52. The van der Waals surface area contributed by atoms with Crippen LogP contribution in [0.15, 0.2) is 47.4 Å². The summed E-state index contributed by atoms with van der Waals surface area (Å²) in [6, 6.07) is 11.4. The van der Waals surface area contributed by atoms with Gasteiger partial charge in [-0.1, -0.05) is 41.4 Å². The molecule has 0 aliphatic carbocycles. The summed E-state index contributed by atoms with van der Waals surface area (Å²) >= 11 is 12.0. The van der Waals surface area contributed by atoms with Gasteiger partial charge in [0, 0.05) is 17.3 Å². The Morgan fingerprint density at radius 2 is 1.75 bits per heavy atom. The highest BCUT2D eigenvalue weighted by molar-refractivity contribution is 7.92. The van der Waals surface area contributed by atoms with Gasteiger partial charge in [-0.05, 0) is 29.8 Å². The normalized spacial score (nSPS) is 11.3. The molecule has 0 spiro atoms. The van der Waals surface area contributed by atoms with Crippen molar-refractivity contribution in [3.8, 4) is 0 Å². The van der Waals surface area contributed by atoms with Crippen LogP contribution in [0.1, 0.15) is 5.56 Å². The Hall–Kier alpha value is -1.27. The lowest BCUT2D eigenvalue weighted by atomic mass is 10.2. The number of halogens is 2. The second-order valence-electron chi connectivity index (χ2n) is 4.05. The molecule has 4 nitrogen and oxygen atoms in total. The van der Waals surface area contributed by atoms with E-state index in [1.54, 1.807) is 36.4 Å². The van der Waals surface area contributed by atoms with Crippen molar-refractivity contribution < 1.29 is 8.42 Å². The first-order valence-corrected chi connectivity index (χ1v) is 7.94. The van der Waals surface area contributed by atoms with E-state index in [9.17, 15) is 8.42 Å². The van der Waals surface area contributed by atoms with Crippen molar-refractivity contribution in [3.05, 3.63) is 58.1 Å². The Kier molecular flexibility index (Phi) is 4.55. The van der Waals surface area contributed by atoms with Gasteiger partial charge in [0.25, 0.3) is 10.0 Å². The van der Waals surface area contributed by atoms with Crippen molar-refractivity contribution in [1.82, 2.24) is 0 Å². The van der Waals surface area contributed by atoms with Crippen LogP contribution in [0.25, 0.3) is 0 Å². The summed E-state index contributed by atoms with van der Waals surface area (Å²) in [5, 5.41) is 0.351. The van der Waals surface area contributed by atoms with Gasteiger partial charge in [-0.2, -0.15) is 0 Å². The molecule has 0 fully saturated rings. The van der Waals surface area contributed by atoms with E-state index < -0.39 is 10.0 Å². The van der Waals surface area contributed by atoms with Crippen LogP contribution in [0, 0.1) is 0 Å². The van der Waals surface area contributed by atoms with E-state index in [4.69, 9.17) is 28.9 Å². The number of benzene rings is 2. The van der Waals surface area contributed by atoms with Gasteiger partial charge in [0.15, 0.2) is 0 Å². The maximum Gasteiger partial charge on any atom is 0.263 e. The zero-order valence-electron chi connectivity index (χ0n) is 10.3. The van der Waals surface area contributed by atoms with Crippen molar-refractivity contribution in [2.45, 2.75) is 11.4 Å². The predicted molar refractivity (Wildman–Crippen MR) is 81.6 cm³/mol. The van der Waals surface area contributed by atoms with Gasteiger partial charge in [-0.15, -0.1) is 0 Å². The number of rotatable bonds is 4. The standard InChI is InChI=1S/C13H12Cl2N2O2S/c14-10-6-9(8-16)13(15)12(7-10)20(18,19)17-11-4-2-1-3-5-11/h1-7,17H,8,16H2. The van der Waals surface area contributed by atoms with Crippen LogP contribution < -0.4 is 10.5 Å². The summed E-state index contributed by atoms with van der Waals surface area (Å²) in [5.41, 5.74) is 6.45. The fraction of sp³-hybridized carbons (Fsp3) is 0.0769. The van der Waals surface area contributed by atoms with Crippen LogP contribution in [0.5, 0.6) is 0 Å². The van der Waals surface area contributed by atoms with Crippen molar-refractivity contribution in [2.24, 2.45) is 5.73 Å². The minimum Gasteiger partial charge on any atom is -0.326 e. The first-order chi connectivity index (χ1) is 9.44. The molecule has 0 saturated heterocycles. The van der Waals surface area contributed by atoms with Gasteiger partial charge in [0.05, 0.1) is 5.02 Å². The van der Waals surface area contributed by atoms with Gasteiger partial charge in [-0.3, -0.25) is 4.72 Å². The highest BCUT2D eigenvalue weighted by Crippen LogP contribution is 2.30. The first-order valence-electron chi connectivity index (χ1n) is 5.70. The third-order valence-electron chi connectivity index (χ3n) is 2.61. The molecule has 2 aromatic rings.